The maximum absolute atomic E-state index is 3.34. The van der Waals surface area contributed by atoms with Crippen LogP contribution in [0.1, 0.15) is 0 Å². The molecule has 6 heavy (non-hydrogen) atoms. The van der Waals surface area contributed by atoms with Crippen LogP contribution in [-0.2, 0) is 0 Å². The van der Waals surface area contributed by atoms with Gasteiger partial charge in [-0.25, -0.2) is 0 Å². The number of nitrogens with zero attached hydrogens (tertiary/aromatic N) is 1. The van der Waals surface area contributed by atoms with Crippen LogP contribution in [0.2, 0.25) is 0 Å². The predicted molar refractivity (Wildman–Crippen MR) is 34.1 cm³/mol. The molecule has 0 saturated carbocycles. The minimum absolute atomic E-state index is 0.986. The van der Waals surface area contributed by atoms with E-state index in [1.807, 2.05) is 0 Å². The fraction of sp³-hybridized carbons (Fsp3) is 1.00. The van der Waals surface area contributed by atoms with Gasteiger partial charge in [-0.1, -0.05) is 15.8 Å². The highest BCUT2D eigenvalue weighted by Crippen LogP contribution is 1.88. The summed E-state index contributed by atoms with van der Waals surface area (Å²) in [6.45, 7) is 0. The van der Waals surface area contributed by atoms with E-state index in [2.05, 4.69) is 36.9 Å². The van der Waals surface area contributed by atoms with E-state index in [1.54, 1.807) is 0 Å². The molecular weight excluding hydrogens is 141 g/mol. The van der Waals surface area contributed by atoms with Gasteiger partial charge in [-0.05, 0) is 0 Å². The van der Waals surface area contributed by atoms with Crippen LogP contribution in [0.5, 0.6) is 0 Å². The van der Waals surface area contributed by atoms with Crippen molar-refractivity contribution < 1.29 is 4.39 Å². The first-order chi connectivity index (χ1) is 2.56. The molecule has 0 heterocycles. The second-order valence-corrected chi connectivity index (χ2v) is 2.91. The molecule has 0 bridgehead atoms. The molecule has 0 rings (SSSR count). The number of quaternary nitrogens is 1. The van der Waals surface area contributed by atoms with Gasteiger partial charge in [-0.2, -0.15) is 0 Å². The largest absolute Gasteiger partial charge is 0.466 e. The summed E-state index contributed by atoms with van der Waals surface area (Å²) in [5, 5.41) is 0. The zero-order valence-corrected chi connectivity index (χ0v) is 6.12. The Kier molecular flexibility index (Phi) is 2.15. The number of hydrogen-bond acceptors (Lipinski definition) is 0. The van der Waals surface area contributed by atoms with Gasteiger partial charge in [0.15, 0.2) is 0 Å². The van der Waals surface area contributed by atoms with Crippen molar-refractivity contribution in [1.82, 2.24) is 0 Å². The van der Waals surface area contributed by atoms with E-state index in [1.165, 1.54) is 0 Å². The third-order valence-electron chi connectivity index (χ3n) is 0.359. The molecule has 0 spiro atoms. The molecule has 1 nitrogen and oxygen atoms in total. The Morgan fingerprint density at radius 2 is 1.50 bits per heavy atom. The predicted octanol–water partition coefficient (Wildman–Crippen LogP) is 0.354. The van der Waals surface area contributed by atoms with Crippen molar-refractivity contribution in [1.29, 1.82) is 0 Å². The SMILES string of the molecule is C[N+](C)(C)BBr. The molecule has 0 aliphatic rings. The summed E-state index contributed by atoms with van der Waals surface area (Å²) in [6.07, 6.45) is 1.02. The van der Waals surface area contributed by atoms with Crippen molar-refractivity contribution >= 4 is 22.0 Å². The first kappa shape index (κ1) is 6.50. The van der Waals surface area contributed by atoms with Gasteiger partial charge in [0.05, 0.1) is 0 Å². The van der Waals surface area contributed by atoms with Crippen molar-refractivity contribution in [3.05, 3.63) is 0 Å². The summed E-state index contributed by atoms with van der Waals surface area (Å²) in [7, 11) is 6.40. The van der Waals surface area contributed by atoms with Crippen molar-refractivity contribution in [2.75, 3.05) is 21.1 Å². The van der Waals surface area contributed by atoms with Crippen LogP contribution in [0.4, 0.5) is 0 Å². The van der Waals surface area contributed by atoms with Gasteiger partial charge in [0.1, 0.15) is 0 Å². The molecule has 0 aliphatic carbocycles. The Labute approximate surface area is 48.2 Å². The molecule has 0 radical (unpaired) electrons. The van der Waals surface area contributed by atoms with Crippen LogP contribution in [0, 0.1) is 0 Å². The molecular formula is C3H10BBrN+. The van der Waals surface area contributed by atoms with Crippen molar-refractivity contribution in [2.24, 2.45) is 0 Å². The second kappa shape index (κ2) is 1.98. The minimum Gasteiger partial charge on any atom is -0.394 e. The molecule has 0 aromatic carbocycles. The zero-order valence-electron chi connectivity index (χ0n) is 4.53. The molecule has 0 aromatic rings. The highest BCUT2D eigenvalue weighted by atomic mass is 79.9. The third kappa shape index (κ3) is 4.50. The average Bonchev–Trinajstić information content (AvgIpc) is 1.35. The summed E-state index contributed by atoms with van der Waals surface area (Å²) in [5.41, 5.74) is 0. The lowest BCUT2D eigenvalue weighted by molar-refractivity contribution is -0.751. The van der Waals surface area contributed by atoms with E-state index in [4.69, 9.17) is 0 Å². The number of hydrogen-bond donors (Lipinski definition) is 0. The molecule has 0 unspecified atom stereocenters. The molecule has 3 heteroatoms. The first-order valence-electron chi connectivity index (χ1n) is 1.93. The van der Waals surface area contributed by atoms with E-state index in [0.717, 1.165) is 10.6 Å². The van der Waals surface area contributed by atoms with Crippen LogP contribution in [0.15, 0.2) is 0 Å². The van der Waals surface area contributed by atoms with E-state index >= 15 is 0 Å². The highest BCUT2D eigenvalue weighted by Gasteiger charge is 2.04. The van der Waals surface area contributed by atoms with Gasteiger partial charge in [-0.15, -0.1) is 0 Å². The lowest BCUT2D eigenvalue weighted by Crippen LogP contribution is -2.34. The molecule has 36 valence electrons. The minimum atomic E-state index is 0.986. The molecule has 0 aliphatic heterocycles. The smallest absolute Gasteiger partial charge is 0.394 e. The molecule has 0 amide bonds. The lowest BCUT2D eigenvalue weighted by Gasteiger charge is -2.19. The number of rotatable bonds is 1. The van der Waals surface area contributed by atoms with E-state index in [9.17, 15) is 0 Å². The molecule has 0 N–H and O–H groups in total. The van der Waals surface area contributed by atoms with Crippen molar-refractivity contribution in [3.8, 4) is 0 Å². The fourth-order valence-electron chi connectivity index (χ4n) is 0. The van der Waals surface area contributed by atoms with Gasteiger partial charge < -0.3 is 4.39 Å². The van der Waals surface area contributed by atoms with Crippen LogP contribution in [0.3, 0.4) is 0 Å². The third-order valence-corrected chi connectivity index (χ3v) is 1.86. The van der Waals surface area contributed by atoms with Gasteiger partial charge in [-0.3, -0.25) is 0 Å². The molecule has 0 aromatic heterocycles. The highest BCUT2D eigenvalue weighted by molar-refractivity contribution is 9.23. The summed E-state index contributed by atoms with van der Waals surface area (Å²) in [6, 6.07) is 0. The summed E-state index contributed by atoms with van der Waals surface area (Å²) in [5.74, 6) is 0. The normalized spacial score (nSPS) is 11.3. The van der Waals surface area contributed by atoms with Gasteiger partial charge in [0, 0.05) is 21.1 Å². The molecule has 0 fully saturated rings. The average molecular weight is 151 g/mol. The van der Waals surface area contributed by atoms with Gasteiger partial charge >= 0.3 is 6.24 Å². The molecule has 0 atom stereocenters. The zero-order chi connectivity index (χ0) is 5.21. The van der Waals surface area contributed by atoms with E-state index < -0.39 is 0 Å². The van der Waals surface area contributed by atoms with E-state index in [-0.39, 0.29) is 0 Å². The van der Waals surface area contributed by atoms with Crippen molar-refractivity contribution in [2.45, 2.75) is 0 Å². The Balaban J connectivity index is 3.17. The van der Waals surface area contributed by atoms with Crippen LogP contribution < -0.4 is 0 Å². The van der Waals surface area contributed by atoms with Crippen molar-refractivity contribution in [3.63, 3.8) is 0 Å². The maximum Gasteiger partial charge on any atom is 0.466 e. The lowest BCUT2D eigenvalue weighted by atomic mass is 10.3. The van der Waals surface area contributed by atoms with Crippen LogP contribution >= 0.6 is 15.8 Å². The van der Waals surface area contributed by atoms with E-state index in [0.29, 0.717) is 0 Å². The monoisotopic (exact) mass is 150 g/mol. The Hall–Kier alpha value is 0.505. The van der Waals surface area contributed by atoms with Gasteiger partial charge in [0.25, 0.3) is 0 Å². The summed E-state index contributed by atoms with van der Waals surface area (Å²) >= 11 is 3.34. The summed E-state index contributed by atoms with van der Waals surface area (Å²) < 4.78 is 0.986. The van der Waals surface area contributed by atoms with Crippen LogP contribution in [-0.4, -0.2) is 31.8 Å². The first-order valence-corrected chi connectivity index (χ1v) is 3.05. The standard InChI is InChI=1S/C3H10BBrN/c1-6(2,3)4-5/h4H,1-3H3/q+1. The second-order valence-electron chi connectivity index (χ2n) is 2.41. The Bertz CT molecular complexity index is 40.5. The Morgan fingerprint density at radius 1 is 1.33 bits per heavy atom. The maximum atomic E-state index is 3.34. The Morgan fingerprint density at radius 3 is 1.50 bits per heavy atom. The summed E-state index contributed by atoms with van der Waals surface area (Å²) in [4.78, 5) is 0. The molecule has 0 saturated heterocycles. The van der Waals surface area contributed by atoms with Crippen LogP contribution in [0.25, 0.3) is 0 Å². The fourth-order valence-corrected chi connectivity index (χ4v) is 0. The quantitative estimate of drug-likeness (QED) is 0.474. The van der Waals surface area contributed by atoms with Gasteiger partial charge in [0.2, 0.25) is 0 Å². The topological polar surface area (TPSA) is 0 Å². The number of halogens is 1.